The predicted octanol–water partition coefficient (Wildman–Crippen LogP) is 6.15. The molecule has 0 unspecified atom stereocenters. The van der Waals surface area contributed by atoms with Crippen LogP contribution in [0, 0.1) is 5.41 Å². The zero-order valence-corrected chi connectivity index (χ0v) is 24.2. The van der Waals surface area contributed by atoms with Gasteiger partial charge in [-0.05, 0) is 0 Å². The molecule has 0 aliphatic carbocycles. The van der Waals surface area contributed by atoms with E-state index in [1.807, 2.05) is 0 Å². The van der Waals surface area contributed by atoms with Crippen LogP contribution in [-0.4, -0.2) is 64.8 Å². The number of hydrogen-bond acceptors (Lipinski definition) is 4. The van der Waals surface area contributed by atoms with Crippen molar-refractivity contribution in [3.63, 3.8) is 0 Å². The van der Waals surface area contributed by atoms with Crippen LogP contribution in [-0.2, 0) is 12.3 Å². The second-order valence-corrected chi connectivity index (χ2v) is 28.3. The van der Waals surface area contributed by atoms with Crippen LogP contribution in [0.5, 0.6) is 0 Å². The van der Waals surface area contributed by atoms with Crippen molar-refractivity contribution >= 4 is 38.4 Å². The summed E-state index contributed by atoms with van der Waals surface area (Å²) >= 11 is -5.70. The quantitative estimate of drug-likeness (QED) is 0.253. The second-order valence-electron chi connectivity index (χ2n) is 8.89. The Balaban J connectivity index is 1.93. The molecule has 2 heterocycles. The van der Waals surface area contributed by atoms with Crippen molar-refractivity contribution in [2.45, 2.75) is 96.8 Å². The monoisotopic (exact) mass is 600 g/mol. The van der Waals surface area contributed by atoms with Crippen LogP contribution in [0.3, 0.4) is 0 Å². The fraction of sp³-hybridized carbons (Fsp3) is 1.00. The van der Waals surface area contributed by atoms with Crippen molar-refractivity contribution in [1.29, 1.82) is 0 Å². The minimum absolute atomic E-state index is 0.0301. The Bertz CT molecular complexity index is 341. The van der Waals surface area contributed by atoms with Gasteiger partial charge < -0.3 is 0 Å². The molecule has 4 nitrogen and oxygen atoms in total. The molecule has 2 saturated heterocycles. The van der Waals surface area contributed by atoms with Crippen LogP contribution in [0.1, 0.15) is 79.1 Å². The molecule has 2 rings (SSSR count). The van der Waals surface area contributed by atoms with Crippen molar-refractivity contribution in [2.24, 2.45) is 5.41 Å². The van der Waals surface area contributed by atoms with E-state index in [1.54, 1.807) is 0 Å². The summed E-state index contributed by atoms with van der Waals surface area (Å²) in [5.41, 5.74) is -0.0301. The van der Waals surface area contributed by atoms with Gasteiger partial charge in [-0.1, -0.05) is 0 Å². The summed E-state index contributed by atoms with van der Waals surface area (Å²) in [6.07, 6.45) is 9.98. The summed E-state index contributed by atoms with van der Waals surface area (Å²) in [6.45, 7) is 12.4. The Morgan fingerprint density at radius 2 is 0.778 bits per heavy atom. The third kappa shape index (κ3) is 7.26. The first-order valence-corrected chi connectivity index (χ1v) is 24.4. The molecule has 27 heavy (non-hydrogen) atoms. The molecule has 0 amide bonds. The Morgan fingerprint density at radius 1 is 0.519 bits per heavy atom. The molecule has 2 fully saturated rings. The molecule has 0 atom stereocenters. The van der Waals surface area contributed by atoms with Crippen molar-refractivity contribution in [2.75, 3.05) is 26.4 Å². The Labute approximate surface area is 178 Å². The van der Waals surface area contributed by atoms with E-state index in [2.05, 4.69) is 27.7 Å². The zero-order chi connectivity index (χ0) is 19.6. The average Bonchev–Trinajstić information content (AvgIpc) is 2.72. The maximum absolute atomic E-state index is 6.64. The summed E-state index contributed by atoms with van der Waals surface area (Å²) in [5.74, 6) is 0. The van der Waals surface area contributed by atoms with E-state index in [-0.39, 0.29) is 5.41 Å². The Morgan fingerprint density at radius 3 is 1.00 bits per heavy atom. The summed E-state index contributed by atoms with van der Waals surface area (Å²) in [4.78, 5) is 0. The minimum atomic E-state index is -2.85. The van der Waals surface area contributed by atoms with Gasteiger partial charge in [-0.15, -0.1) is 0 Å². The summed E-state index contributed by atoms with van der Waals surface area (Å²) < 4.78 is 31.5. The molecule has 2 aliphatic heterocycles. The third-order valence-electron chi connectivity index (χ3n) is 6.21. The number of hydrogen-bond donors (Lipinski definition) is 0. The van der Waals surface area contributed by atoms with Gasteiger partial charge in [0, 0.05) is 0 Å². The van der Waals surface area contributed by atoms with Crippen LogP contribution in [0.2, 0.25) is 17.7 Å². The van der Waals surface area contributed by atoms with Crippen LogP contribution in [0.15, 0.2) is 0 Å². The van der Waals surface area contributed by atoms with E-state index < -0.39 is 38.4 Å². The van der Waals surface area contributed by atoms with Gasteiger partial charge in [-0.3, -0.25) is 0 Å². The average molecular weight is 598 g/mol. The Kier molecular flexibility index (Phi) is 11.3. The molecule has 0 saturated carbocycles. The van der Waals surface area contributed by atoms with Crippen molar-refractivity contribution in [3.8, 4) is 0 Å². The van der Waals surface area contributed by atoms with Gasteiger partial charge in [-0.25, -0.2) is 0 Å². The van der Waals surface area contributed by atoms with Crippen LogP contribution in [0.25, 0.3) is 0 Å². The normalized spacial score (nSPS) is 23.6. The van der Waals surface area contributed by atoms with Gasteiger partial charge >= 0.3 is 179 Å². The van der Waals surface area contributed by atoms with E-state index >= 15 is 0 Å². The van der Waals surface area contributed by atoms with E-state index in [9.17, 15) is 0 Å². The molecule has 0 aromatic heterocycles. The standard InChI is InChI=1S/C5H8O4.4C4H9.2Sn/c6-1-5(2-7,3-8)4-9;4*1-3-4-2;;/h1-4H2;4*1,3-4H2,2H3;;/q-4;;;;;2*+2. The zero-order valence-electron chi connectivity index (χ0n) is 18.4. The van der Waals surface area contributed by atoms with Crippen molar-refractivity contribution in [1.82, 2.24) is 0 Å². The molecule has 160 valence electrons. The SMILES string of the molecule is CCC[CH2][Sn]1([CH2]CCC)[O]CC2(C[O]1)C[O][Sn]([CH2]CCC)([CH2]CCC)[O]C2. The summed E-state index contributed by atoms with van der Waals surface area (Å²) in [6, 6.07) is 0. The summed E-state index contributed by atoms with van der Waals surface area (Å²) in [5, 5.41) is 0. The topological polar surface area (TPSA) is 36.9 Å². The van der Waals surface area contributed by atoms with Gasteiger partial charge in [0.15, 0.2) is 0 Å². The number of rotatable bonds is 12. The fourth-order valence-electron chi connectivity index (χ4n) is 4.08. The van der Waals surface area contributed by atoms with E-state index in [0.717, 1.165) is 26.4 Å². The van der Waals surface area contributed by atoms with E-state index in [0.29, 0.717) is 0 Å². The fourth-order valence-corrected chi connectivity index (χ4v) is 26.0. The maximum atomic E-state index is 6.64. The third-order valence-corrected chi connectivity index (χ3v) is 26.6. The molecule has 0 radical (unpaired) electrons. The molecule has 0 aromatic rings. The van der Waals surface area contributed by atoms with Gasteiger partial charge in [0.2, 0.25) is 0 Å². The molecule has 2 aliphatic rings. The van der Waals surface area contributed by atoms with Gasteiger partial charge in [0.05, 0.1) is 0 Å². The Hall–Kier alpha value is 1.44. The summed E-state index contributed by atoms with van der Waals surface area (Å²) in [7, 11) is 0. The molecular formula is C21H44O4Sn2. The molecule has 0 aromatic carbocycles. The van der Waals surface area contributed by atoms with Gasteiger partial charge in [0.25, 0.3) is 0 Å². The van der Waals surface area contributed by atoms with Crippen LogP contribution in [0.4, 0.5) is 0 Å². The first kappa shape index (κ1) is 24.7. The molecule has 0 N–H and O–H groups in total. The van der Waals surface area contributed by atoms with Gasteiger partial charge in [0.1, 0.15) is 0 Å². The van der Waals surface area contributed by atoms with E-state index in [1.165, 1.54) is 69.1 Å². The van der Waals surface area contributed by atoms with Crippen molar-refractivity contribution in [3.05, 3.63) is 0 Å². The predicted molar refractivity (Wildman–Crippen MR) is 117 cm³/mol. The first-order chi connectivity index (χ1) is 13.1. The van der Waals surface area contributed by atoms with Crippen molar-refractivity contribution < 1.29 is 12.3 Å². The molecular weight excluding hydrogens is 554 g/mol. The van der Waals surface area contributed by atoms with Gasteiger partial charge in [-0.2, -0.15) is 0 Å². The molecule has 0 bridgehead atoms. The molecule has 1 spiro atoms. The van der Waals surface area contributed by atoms with Crippen LogP contribution >= 0.6 is 0 Å². The number of unbranched alkanes of at least 4 members (excludes halogenated alkanes) is 4. The second kappa shape index (κ2) is 12.3. The van der Waals surface area contributed by atoms with E-state index in [4.69, 9.17) is 12.3 Å². The van der Waals surface area contributed by atoms with Crippen LogP contribution < -0.4 is 0 Å². The first-order valence-electron chi connectivity index (χ1n) is 11.6. The molecule has 6 heteroatoms.